The zero-order valence-electron chi connectivity index (χ0n) is 17.5. The molecule has 0 aliphatic carbocycles. The average Bonchev–Trinajstić information content (AvgIpc) is 3.23. The SMILES string of the molecule is CSN1CCN(Cc2csc3c(-c4cnc(N)nc4)nc(N4CCOCC4)nc23)CC1. The highest BCUT2D eigenvalue weighted by atomic mass is 32.2. The third-order valence-corrected chi connectivity index (χ3v) is 7.61. The van der Waals surface area contributed by atoms with Crippen molar-refractivity contribution in [2.24, 2.45) is 0 Å². The Morgan fingerprint density at radius 3 is 2.52 bits per heavy atom. The van der Waals surface area contributed by atoms with E-state index in [1.165, 1.54) is 5.56 Å². The zero-order valence-corrected chi connectivity index (χ0v) is 19.2. The van der Waals surface area contributed by atoms with E-state index in [-0.39, 0.29) is 5.95 Å². The highest BCUT2D eigenvalue weighted by Gasteiger charge is 2.22. The Bertz CT molecular complexity index is 1030. The van der Waals surface area contributed by atoms with Crippen LogP contribution in [-0.4, -0.2) is 87.9 Å². The van der Waals surface area contributed by atoms with Gasteiger partial charge in [-0.1, -0.05) is 11.9 Å². The molecule has 2 saturated heterocycles. The minimum absolute atomic E-state index is 0.263. The van der Waals surface area contributed by atoms with Gasteiger partial charge in [-0.25, -0.2) is 24.2 Å². The first kappa shape index (κ1) is 20.8. The molecule has 31 heavy (non-hydrogen) atoms. The van der Waals surface area contributed by atoms with E-state index in [2.05, 4.69) is 35.7 Å². The van der Waals surface area contributed by atoms with Gasteiger partial charge in [-0.2, -0.15) is 0 Å². The Morgan fingerprint density at radius 2 is 1.81 bits per heavy atom. The predicted molar refractivity (Wildman–Crippen MR) is 126 cm³/mol. The van der Waals surface area contributed by atoms with Crippen LogP contribution in [-0.2, 0) is 11.3 Å². The number of aromatic nitrogens is 4. The number of hydrogen-bond donors (Lipinski definition) is 1. The first-order chi connectivity index (χ1) is 15.2. The Kier molecular flexibility index (Phi) is 6.19. The van der Waals surface area contributed by atoms with E-state index in [4.69, 9.17) is 20.4 Å². The molecule has 11 heteroatoms. The Labute approximate surface area is 189 Å². The molecule has 3 aromatic rings. The monoisotopic (exact) mass is 458 g/mol. The Hall–Kier alpha value is -2.05. The third-order valence-electron chi connectivity index (χ3n) is 5.70. The molecule has 0 spiro atoms. The molecule has 9 nitrogen and oxygen atoms in total. The molecule has 2 N–H and O–H groups in total. The van der Waals surface area contributed by atoms with Crippen molar-refractivity contribution in [3.05, 3.63) is 23.3 Å². The summed E-state index contributed by atoms with van der Waals surface area (Å²) in [5.41, 5.74) is 9.72. The van der Waals surface area contributed by atoms with E-state index >= 15 is 0 Å². The summed E-state index contributed by atoms with van der Waals surface area (Å²) in [5, 5.41) is 2.23. The van der Waals surface area contributed by atoms with Crippen molar-refractivity contribution in [1.29, 1.82) is 0 Å². The molecular formula is C20H26N8OS2. The van der Waals surface area contributed by atoms with Crippen LogP contribution in [0.1, 0.15) is 5.56 Å². The van der Waals surface area contributed by atoms with Crippen LogP contribution in [0.2, 0.25) is 0 Å². The van der Waals surface area contributed by atoms with Gasteiger partial charge >= 0.3 is 0 Å². The summed E-state index contributed by atoms with van der Waals surface area (Å²) in [4.78, 5) is 23.0. The van der Waals surface area contributed by atoms with Crippen LogP contribution >= 0.6 is 23.3 Å². The van der Waals surface area contributed by atoms with E-state index < -0.39 is 0 Å². The second-order valence-electron chi connectivity index (χ2n) is 7.63. The summed E-state index contributed by atoms with van der Waals surface area (Å²) in [6.07, 6.45) is 5.64. The lowest BCUT2D eigenvalue weighted by atomic mass is 10.2. The number of nitrogens with two attached hydrogens (primary N) is 1. The van der Waals surface area contributed by atoms with Gasteiger partial charge in [0.25, 0.3) is 0 Å². The summed E-state index contributed by atoms with van der Waals surface area (Å²) in [6, 6.07) is 0. The van der Waals surface area contributed by atoms with Gasteiger partial charge in [0.15, 0.2) is 0 Å². The number of morpholine rings is 1. The number of nitrogens with zero attached hydrogens (tertiary/aromatic N) is 7. The maximum Gasteiger partial charge on any atom is 0.226 e. The molecular weight excluding hydrogens is 432 g/mol. The molecule has 5 heterocycles. The summed E-state index contributed by atoms with van der Waals surface area (Å²) in [6.45, 7) is 8.18. The molecule has 0 radical (unpaired) electrons. The molecule has 2 fully saturated rings. The molecule has 0 bridgehead atoms. The first-order valence-electron chi connectivity index (χ1n) is 10.4. The highest BCUT2D eigenvalue weighted by Crippen LogP contribution is 2.35. The van der Waals surface area contributed by atoms with E-state index in [1.807, 2.05) is 11.9 Å². The van der Waals surface area contributed by atoms with E-state index in [1.54, 1.807) is 23.7 Å². The van der Waals surface area contributed by atoms with Crippen LogP contribution in [0, 0.1) is 0 Å². The second kappa shape index (κ2) is 9.21. The van der Waals surface area contributed by atoms with Crippen molar-refractivity contribution in [3.8, 4) is 11.3 Å². The van der Waals surface area contributed by atoms with Crippen molar-refractivity contribution >= 4 is 45.4 Å². The average molecular weight is 459 g/mol. The van der Waals surface area contributed by atoms with Crippen molar-refractivity contribution in [2.75, 3.05) is 69.4 Å². The molecule has 0 saturated carbocycles. The minimum atomic E-state index is 0.263. The first-order valence-corrected chi connectivity index (χ1v) is 12.5. The fourth-order valence-corrected chi connectivity index (χ4v) is 5.48. The number of nitrogen functional groups attached to an aromatic ring is 1. The van der Waals surface area contributed by atoms with Crippen LogP contribution in [0.5, 0.6) is 0 Å². The molecule has 2 aliphatic heterocycles. The number of rotatable bonds is 5. The minimum Gasteiger partial charge on any atom is -0.378 e. The molecule has 5 rings (SSSR count). The largest absolute Gasteiger partial charge is 0.378 e. The number of anilines is 2. The van der Waals surface area contributed by atoms with Gasteiger partial charge in [-0.05, 0) is 11.6 Å². The fraction of sp³-hybridized carbons (Fsp3) is 0.500. The summed E-state index contributed by atoms with van der Waals surface area (Å²) < 4.78 is 9.01. The normalized spacial score (nSPS) is 18.7. The molecule has 0 unspecified atom stereocenters. The lowest BCUT2D eigenvalue weighted by Crippen LogP contribution is -2.42. The Balaban J connectivity index is 1.52. The van der Waals surface area contributed by atoms with Crippen LogP contribution < -0.4 is 10.6 Å². The van der Waals surface area contributed by atoms with Crippen LogP contribution in [0.3, 0.4) is 0 Å². The van der Waals surface area contributed by atoms with Crippen molar-refractivity contribution in [1.82, 2.24) is 29.1 Å². The number of fused-ring (bicyclic) bond motifs is 1. The smallest absolute Gasteiger partial charge is 0.226 e. The zero-order chi connectivity index (χ0) is 21.2. The molecule has 2 aliphatic rings. The summed E-state index contributed by atoms with van der Waals surface area (Å²) in [5.74, 6) is 1.01. The van der Waals surface area contributed by atoms with Crippen LogP contribution in [0.15, 0.2) is 17.8 Å². The highest BCUT2D eigenvalue weighted by molar-refractivity contribution is 7.96. The summed E-state index contributed by atoms with van der Waals surface area (Å²) >= 11 is 3.52. The van der Waals surface area contributed by atoms with Gasteiger partial charge in [0.2, 0.25) is 11.9 Å². The molecule has 3 aromatic heterocycles. The van der Waals surface area contributed by atoms with E-state index in [9.17, 15) is 0 Å². The lowest BCUT2D eigenvalue weighted by molar-refractivity contribution is 0.122. The van der Waals surface area contributed by atoms with E-state index in [0.29, 0.717) is 13.2 Å². The predicted octanol–water partition coefficient (Wildman–Crippen LogP) is 1.96. The fourth-order valence-electron chi connectivity index (χ4n) is 3.94. The number of piperazine rings is 1. The maximum atomic E-state index is 5.71. The van der Waals surface area contributed by atoms with Crippen LogP contribution in [0.4, 0.5) is 11.9 Å². The molecule has 0 atom stereocenters. The quantitative estimate of drug-likeness (QED) is 0.572. The molecule has 0 amide bonds. The third kappa shape index (κ3) is 4.46. The van der Waals surface area contributed by atoms with Gasteiger partial charge in [-0.3, -0.25) is 4.90 Å². The molecule has 164 valence electrons. The maximum absolute atomic E-state index is 5.71. The van der Waals surface area contributed by atoms with Gasteiger partial charge in [-0.15, -0.1) is 11.3 Å². The van der Waals surface area contributed by atoms with Crippen LogP contribution in [0.25, 0.3) is 21.5 Å². The lowest BCUT2D eigenvalue weighted by Gasteiger charge is -2.33. The van der Waals surface area contributed by atoms with Gasteiger partial charge in [0.1, 0.15) is 0 Å². The van der Waals surface area contributed by atoms with Crippen molar-refractivity contribution in [3.63, 3.8) is 0 Å². The van der Waals surface area contributed by atoms with Gasteiger partial charge in [0, 0.05) is 69.3 Å². The van der Waals surface area contributed by atoms with Crippen molar-refractivity contribution in [2.45, 2.75) is 6.54 Å². The topological polar surface area (TPSA) is 96.5 Å². The second-order valence-corrected chi connectivity index (χ2v) is 9.39. The van der Waals surface area contributed by atoms with E-state index in [0.717, 1.165) is 73.2 Å². The van der Waals surface area contributed by atoms with Gasteiger partial charge < -0.3 is 15.4 Å². The van der Waals surface area contributed by atoms with Crippen molar-refractivity contribution < 1.29 is 4.74 Å². The Morgan fingerprint density at radius 1 is 1.06 bits per heavy atom. The standard InChI is InChI=1S/C20H26N8OS2/c1-30-28-4-2-26(3-5-28)12-15-13-31-18-16(14-10-22-19(21)23-11-14)24-20(25-17(15)18)27-6-8-29-9-7-27/h10-11,13H,2-9,12H2,1H3,(H2,21,22,23). The number of thiophene rings is 1. The number of hydrogen-bond acceptors (Lipinski definition) is 11. The van der Waals surface area contributed by atoms with Gasteiger partial charge in [0.05, 0.1) is 29.1 Å². The molecule has 0 aromatic carbocycles. The summed E-state index contributed by atoms with van der Waals surface area (Å²) in [7, 11) is 0. The number of ether oxygens (including phenoxy) is 1.